The molecule has 8 nitrogen and oxygen atoms in total. The zero-order chi connectivity index (χ0) is 24.4. The Morgan fingerprint density at radius 1 is 0.914 bits per heavy atom. The zero-order valence-corrected chi connectivity index (χ0v) is 20.0. The monoisotopic (exact) mass is 471 g/mol. The van der Waals surface area contributed by atoms with Crippen LogP contribution in [0.2, 0.25) is 0 Å². The van der Waals surface area contributed by atoms with Crippen molar-refractivity contribution in [1.29, 1.82) is 0 Å². The molecule has 180 valence electrons. The van der Waals surface area contributed by atoms with Crippen LogP contribution in [0, 0.1) is 6.92 Å². The fraction of sp³-hybridized carbons (Fsp3) is 0.296. The summed E-state index contributed by atoms with van der Waals surface area (Å²) in [5, 5.41) is 4.48. The van der Waals surface area contributed by atoms with Crippen molar-refractivity contribution in [2.75, 3.05) is 37.7 Å². The maximum atomic E-state index is 12.9. The number of aryl methyl sites for hydroxylation is 1. The molecule has 35 heavy (non-hydrogen) atoms. The number of ether oxygens (including phenoxy) is 1. The number of anilines is 1. The van der Waals surface area contributed by atoms with E-state index in [2.05, 4.69) is 14.9 Å². The number of fused-ring (bicyclic) bond motifs is 1. The van der Waals surface area contributed by atoms with Gasteiger partial charge in [-0.3, -0.25) is 4.90 Å². The first kappa shape index (κ1) is 22.9. The van der Waals surface area contributed by atoms with Crippen LogP contribution in [0.1, 0.15) is 24.2 Å². The molecular formula is C27H29N5O3. The highest BCUT2D eigenvalue weighted by atomic mass is 16.5. The minimum atomic E-state index is -0.397. The Hall–Kier alpha value is -3.91. The van der Waals surface area contributed by atoms with Crippen LogP contribution in [0.4, 0.5) is 5.69 Å². The minimum Gasteiger partial charge on any atom is -0.465 e. The molecule has 4 aromatic rings. The van der Waals surface area contributed by atoms with E-state index in [-0.39, 0.29) is 11.7 Å². The lowest BCUT2D eigenvalue weighted by atomic mass is 10.0. The number of carbonyl (C=O) groups is 1. The molecule has 0 bridgehead atoms. The van der Waals surface area contributed by atoms with Crippen molar-refractivity contribution in [2.24, 2.45) is 0 Å². The van der Waals surface area contributed by atoms with Gasteiger partial charge in [-0.05, 0) is 55.8 Å². The molecule has 0 saturated carbocycles. The Labute approximate surface area is 204 Å². The molecule has 1 fully saturated rings. The normalized spacial score (nSPS) is 15.3. The molecule has 1 aliphatic rings. The van der Waals surface area contributed by atoms with Crippen molar-refractivity contribution in [3.8, 4) is 5.69 Å². The fourth-order valence-electron chi connectivity index (χ4n) is 4.73. The largest absolute Gasteiger partial charge is 0.465 e. The van der Waals surface area contributed by atoms with Gasteiger partial charge >= 0.3 is 11.7 Å². The van der Waals surface area contributed by atoms with E-state index < -0.39 is 6.04 Å². The minimum absolute atomic E-state index is 0.176. The van der Waals surface area contributed by atoms with Gasteiger partial charge in [0.2, 0.25) is 0 Å². The maximum absolute atomic E-state index is 12.9. The lowest BCUT2D eigenvalue weighted by Gasteiger charge is -2.39. The van der Waals surface area contributed by atoms with E-state index in [1.807, 2.05) is 86.6 Å². The first-order valence-corrected chi connectivity index (χ1v) is 11.9. The molecule has 1 saturated heterocycles. The number of hydrogen-bond acceptors (Lipinski definition) is 6. The van der Waals surface area contributed by atoms with E-state index in [1.54, 1.807) is 4.40 Å². The van der Waals surface area contributed by atoms with Gasteiger partial charge < -0.3 is 9.64 Å². The van der Waals surface area contributed by atoms with Crippen molar-refractivity contribution in [2.45, 2.75) is 19.9 Å². The lowest BCUT2D eigenvalue weighted by molar-refractivity contribution is -0.150. The molecule has 1 atom stereocenters. The van der Waals surface area contributed by atoms with E-state index in [4.69, 9.17) is 4.74 Å². The summed E-state index contributed by atoms with van der Waals surface area (Å²) in [6.45, 7) is 7.15. The van der Waals surface area contributed by atoms with Crippen LogP contribution in [0.5, 0.6) is 0 Å². The molecule has 2 aromatic carbocycles. The molecule has 0 amide bonds. The van der Waals surface area contributed by atoms with Crippen molar-refractivity contribution in [3.63, 3.8) is 0 Å². The standard InChI is InChI=1S/C27H29N5O3/c1-3-35-26(33)25(21-9-5-4-6-10-21)30-18-16-29(17-19-30)22-12-14-23(15-13-22)32-27(34)31-20(2)8-7-11-24(31)28-32/h4-15,25H,3,16-19H2,1-2H3. The Kier molecular flexibility index (Phi) is 6.37. The number of piperazine rings is 1. The predicted octanol–water partition coefficient (Wildman–Crippen LogP) is 3.22. The highest BCUT2D eigenvalue weighted by Crippen LogP contribution is 2.26. The van der Waals surface area contributed by atoms with Crippen molar-refractivity contribution in [1.82, 2.24) is 19.1 Å². The van der Waals surface area contributed by atoms with Crippen LogP contribution in [0.15, 0.2) is 77.6 Å². The van der Waals surface area contributed by atoms with Crippen LogP contribution in [0.3, 0.4) is 0 Å². The van der Waals surface area contributed by atoms with Gasteiger partial charge in [-0.1, -0.05) is 36.4 Å². The van der Waals surface area contributed by atoms with E-state index in [0.717, 1.165) is 48.8 Å². The maximum Gasteiger partial charge on any atom is 0.355 e. The molecule has 8 heteroatoms. The van der Waals surface area contributed by atoms with Gasteiger partial charge in [0.15, 0.2) is 5.65 Å². The number of carbonyl (C=O) groups excluding carboxylic acids is 1. The summed E-state index contributed by atoms with van der Waals surface area (Å²) in [6.07, 6.45) is 0. The summed E-state index contributed by atoms with van der Waals surface area (Å²) in [4.78, 5) is 30.1. The van der Waals surface area contributed by atoms with E-state index in [0.29, 0.717) is 12.3 Å². The summed E-state index contributed by atoms with van der Waals surface area (Å²) in [7, 11) is 0. The van der Waals surface area contributed by atoms with Crippen LogP contribution in [-0.4, -0.2) is 57.8 Å². The van der Waals surface area contributed by atoms with E-state index >= 15 is 0 Å². The summed E-state index contributed by atoms with van der Waals surface area (Å²) in [6, 6.07) is 22.9. The number of esters is 1. The molecule has 2 aromatic heterocycles. The Bertz CT molecular complexity index is 1370. The lowest BCUT2D eigenvalue weighted by Crippen LogP contribution is -2.49. The molecule has 3 heterocycles. The molecule has 0 spiro atoms. The number of benzene rings is 2. The molecule has 1 unspecified atom stereocenters. The van der Waals surface area contributed by atoms with Crippen molar-refractivity contribution >= 4 is 17.3 Å². The van der Waals surface area contributed by atoms with Crippen molar-refractivity contribution < 1.29 is 9.53 Å². The van der Waals surface area contributed by atoms with Crippen LogP contribution < -0.4 is 10.6 Å². The number of aromatic nitrogens is 3. The topological polar surface area (TPSA) is 72.1 Å². The first-order valence-electron chi connectivity index (χ1n) is 11.9. The molecular weight excluding hydrogens is 442 g/mol. The van der Waals surface area contributed by atoms with Crippen LogP contribution in [0.25, 0.3) is 11.3 Å². The predicted molar refractivity (Wildman–Crippen MR) is 135 cm³/mol. The zero-order valence-electron chi connectivity index (χ0n) is 20.0. The van der Waals surface area contributed by atoms with Gasteiger partial charge in [0.25, 0.3) is 0 Å². The Balaban J connectivity index is 1.31. The second kappa shape index (κ2) is 9.76. The highest BCUT2D eigenvalue weighted by Gasteiger charge is 2.31. The quantitative estimate of drug-likeness (QED) is 0.402. The molecule has 0 aliphatic carbocycles. The summed E-state index contributed by atoms with van der Waals surface area (Å²) in [5.41, 5.74) is 4.07. The van der Waals surface area contributed by atoms with Gasteiger partial charge in [-0.25, -0.2) is 14.0 Å². The third-order valence-corrected chi connectivity index (χ3v) is 6.50. The summed E-state index contributed by atoms with van der Waals surface area (Å²) >= 11 is 0. The Morgan fingerprint density at radius 3 is 2.26 bits per heavy atom. The Morgan fingerprint density at radius 2 is 1.60 bits per heavy atom. The number of nitrogens with zero attached hydrogens (tertiary/aromatic N) is 5. The second-order valence-corrected chi connectivity index (χ2v) is 8.66. The van der Waals surface area contributed by atoms with Crippen molar-refractivity contribution in [3.05, 3.63) is 94.5 Å². The van der Waals surface area contributed by atoms with Crippen LogP contribution >= 0.6 is 0 Å². The molecule has 0 N–H and O–H groups in total. The average molecular weight is 472 g/mol. The number of rotatable bonds is 6. The summed E-state index contributed by atoms with van der Waals surface area (Å²) in [5.74, 6) is -0.204. The molecule has 0 radical (unpaired) electrons. The third kappa shape index (κ3) is 4.44. The van der Waals surface area contributed by atoms with E-state index in [1.165, 1.54) is 4.68 Å². The van der Waals surface area contributed by atoms with E-state index in [9.17, 15) is 9.59 Å². The fourth-order valence-corrected chi connectivity index (χ4v) is 4.73. The van der Waals surface area contributed by atoms with Gasteiger partial charge in [-0.2, -0.15) is 4.68 Å². The van der Waals surface area contributed by atoms with Gasteiger partial charge in [0, 0.05) is 37.6 Å². The van der Waals surface area contributed by atoms with Crippen LogP contribution in [-0.2, 0) is 9.53 Å². The summed E-state index contributed by atoms with van der Waals surface area (Å²) < 4.78 is 8.44. The van der Waals surface area contributed by atoms with Gasteiger partial charge in [-0.15, -0.1) is 5.10 Å². The number of hydrogen-bond donors (Lipinski definition) is 0. The average Bonchev–Trinajstić information content (AvgIpc) is 3.23. The van der Waals surface area contributed by atoms with Gasteiger partial charge in [0.1, 0.15) is 6.04 Å². The third-order valence-electron chi connectivity index (χ3n) is 6.50. The second-order valence-electron chi connectivity index (χ2n) is 8.66. The van der Waals surface area contributed by atoms with Gasteiger partial charge in [0.05, 0.1) is 12.3 Å². The first-order chi connectivity index (χ1) is 17.1. The number of pyridine rings is 1. The smallest absolute Gasteiger partial charge is 0.355 e. The highest BCUT2D eigenvalue weighted by molar-refractivity contribution is 5.77. The SMILES string of the molecule is CCOC(=O)C(c1ccccc1)N1CCN(c2ccc(-n3nc4cccc(C)n4c3=O)cc2)CC1. The molecule has 1 aliphatic heterocycles. The molecule has 5 rings (SSSR count).